The van der Waals surface area contributed by atoms with Crippen molar-refractivity contribution in [3.63, 3.8) is 0 Å². The molecule has 0 aliphatic carbocycles. The molecule has 1 N–H and O–H groups in total. The number of methoxy groups -OCH3 is 4. The molecule has 18 heavy (non-hydrogen) atoms. The molecule has 0 amide bonds. The Morgan fingerprint density at radius 1 is 1.28 bits per heavy atom. The summed E-state index contributed by atoms with van der Waals surface area (Å²) in [4.78, 5) is 15.3. The normalized spacial score (nSPS) is 12.9. The number of ether oxygens (including phenoxy) is 4. The molecule has 0 atom stereocenters. The third-order valence-electron chi connectivity index (χ3n) is 2.00. The van der Waals surface area contributed by atoms with Crippen molar-refractivity contribution in [1.29, 1.82) is 0 Å². The van der Waals surface area contributed by atoms with Crippen molar-refractivity contribution < 1.29 is 28.8 Å². The first kappa shape index (κ1) is 16.6. The van der Waals surface area contributed by atoms with Gasteiger partial charge in [-0.25, -0.2) is 4.79 Å². The molecule has 0 unspecified atom stereocenters. The van der Waals surface area contributed by atoms with E-state index >= 15 is 0 Å². The lowest BCUT2D eigenvalue weighted by Crippen LogP contribution is -2.17. The van der Waals surface area contributed by atoms with Crippen molar-refractivity contribution in [2.75, 3.05) is 41.6 Å². The summed E-state index contributed by atoms with van der Waals surface area (Å²) in [5.41, 5.74) is -0.0645. The minimum atomic E-state index is -0.695. The second kappa shape index (κ2) is 9.58. The van der Waals surface area contributed by atoms with Crippen LogP contribution in [0.25, 0.3) is 0 Å². The fraction of sp³-hybridized carbons (Fsp3) is 0.636. The molecule has 7 heteroatoms. The van der Waals surface area contributed by atoms with E-state index in [1.165, 1.54) is 34.7 Å². The van der Waals surface area contributed by atoms with Crippen molar-refractivity contribution in [3.8, 4) is 0 Å². The molecule has 0 radical (unpaired) electrons. The zero-order valence-electron chi connectivity index (χ0n) is 11.0. The molecule has 0 spiro atoms. The first-order chi connectivity index (χ1) is 8.60. The Kier molecular flexibility index (Phi) is 8.81. The van der Waals surface area contributed by atoms with E-state index in [0.29, 0.717) is 0 Å². The van der Waals surface area contributed by atoms with Gasteiger partial charge in [-0.3, -0.25) is 4.99 Å². The predicted molar refractivity (Wildman–Crippen MR) is 64.7 cm³/mol. The van der Waals surface area contributed by atoms with Crippen LogP contribution in [-0.4, -0.2) is 65.2 Å². The smallest absolute Gasteiger partial charge is 0.342 e. The third kappa shape index (κ3) is 5.76. The predicted octanol–water partition coefficient (Wildman–Crippen LogP) is 0.308. The summed E-state index contributed by atoms with van der Waals surface area (Å²) in [7, 11) is 5.56. The maximum atomic E-state index is 11.4. The highest BCUT2D eigenvalue weighted by Crippen LogP contribution is 2.03. The van der Waals surface area contributed by atoms with E-state index in [1.807, 2.05) is 0 Å². The number of nitrogens with zero attached hydrogens (tertiary/aromatic N) is 1. The molecule has 7 nitrogen and oxygen atoms in total. The highest BCUT2D eigenvalue weighted by Gasteiger charge is 2.14. The number of carbonyl (C=O) groups excluding carboxylic acids is 1. The van der Waals surface area contributed by atoms with Gasteiger partial charge in [-0.05, 0) is 0 Å². The van der Waals surface area contributed by atoms with Crippen LogP contribution in [0, 0.1) is 0 Å². The van der Waals surface area contributed by atoms with Crippen LogP contribution in [0.1, 0.15) is 0 Å². The highest BCUT2D eigenvalue weighted by atomic mass is 16.7. The Labute approximate surface area is 106 Å². The largest absolute Gasteiger partial charge is 0.509 e. The van der Waals surface area contributed by atoms with Crippen molar-refractivity contribution in [3.05, 3.63) is 11.3 Å². The number of esters is 1. The maximum Gasteiger partial charge on any atom is 0.342 e. The van der Waals surface area contributed by atoms with E-state index in [2.05, 4.69) is 9.73 Å². The number of aliphatic hydroxyl groups excluding tert-OH is 1. The summed E-state index contributed by atoms with van der Waals surface area (Å²) in [6, 6.07) is 0. The first-order valence-corrected chi connectivity index (χ1v) is 5.15. The van der Waals surface area contributed by atoms with Crippen LogP contribution in [0.5, 0.6) is 0 Å². The van der Waals surface area contributed by atoms with Gasteiger partial charge < -0.3 is 24.1 Å². The standard InChI is InChI=1S/C11H19NO6/c1-15-7-9(13)8(11(14)18-4)5-12-6-10(16-2)17-3/h5,10,13H,6-7H2,1-4H3/b9-8-,12-5?. The van der Waals surface area contributed by atoms with Gasteiger partial charge in [0.05, 0.1) is 13.7 Å². The Bertz CT molecular complexity index is 309. The van der Waals surface area contributed by atoms with Gasteiger partial charge in [-0.2, -0.15) is 0 Å². The lowest BCUT2D eigenvalue weighted by molar-refractivity contribution is -0.135. The average molecular weight is 261 g/mol. The van der Waals surface area contributed by atoms with Crippen LogP contribution >= 0.6 is 0 Å². The van der Waals surface area contributed by atoms with Gasteiger partial charge in [0.1, 0.15) is 17.9 Å². The lowest BCUT2D eigenvalue weighted by Gasteiger charge is -2.10. The highest BCUT2D eigenvalue weighted by molar-refractivity contribution is 6.09. The number of rotatable bonds is 8. The van der Waals surface area contributed by atoms with Crippen LogP contribution in [-0.2, 0) is 23.7 Å². The topological polar surface area (TPSA) is 86.6 Å². The van der Waals surface area contributed by atoms with Gasteiger partial charge in [0.15, 0.2) is 6.29 Å². The van der Waals surface area contributed by atoms with Gasteiger partial charge in [-0.1, -0.05) is 0 Å². The summed E-state index contributed by atoms with van der Waals surface area (Å²) in [5.74, 6) is -0.945. The molecule has 0 aromatic heterocycles. The van der Waals surface area contributed by atoms with E-state index in [-0.39, 0.29) is 24.5 Å². The first-order valence-electron chi connectivity index (χ1n) is 5.15. The fourth-order valence-corrected chi connectivity index (χ4v) is 1.04. The molecule has 0 aromatic carbocycles. The number of hydrogen-bond donors (Lipinski definition) is 1. The second-order valence-electron chi connectivity index (χ2n) is 3.18. The molecule has 0 aromatic rings. The van der Waals surface area contributed by atoms with Gasteiger partial charge in [0.2, 0.25) is 0 Å². The minimum absolute atomic E-state index is 0.0645. The van der Waals surface area contributed by atoms with Crippen molar-refractivity contribution in [2.45, 2.75) is 6.29 Å². The second-order valence-corrected chi connectivity index (χ2v) is 3.18. The summed E-state index contributed by atoms with van der Waals surface area (Å²) in [6.45, 7) is 0.0855. The number of aliphatic imine (C=N–C) groups is 1. The quantitative estimate of drug-likeness (QED) is 0.222. The molecule has 0 bridgehead atoms. The van der Waals surface area contributed by atoms with Crippen molar-refractivity contribution >= 4 is 12.2 Å². The SMILES string of the molecule is COC/C(O)=C(\C=NCC(OC)OC)C(=O)OC. The van der Waals surface area contributed by atoms with E-state index in [9.17, 15) is 9.90 Å². The molecule has 0 aliphatic heterocycles. The maximum absolute atomic E-state index is 11.4. The summed E-state index contributed by atoms with van der Waals surface area (Å²) < 4.78 is 19.1. The summed E-state index contributed by atoms with van der Waals surface area (Å²) in [5, 5.41) is 9.59. The monoisotopic (exact) mass is 261 g/mol. The lowest BCUT2D eigenvalue weighted by atomic mass is 10.2. The van der Waals surface area contributed by atoms with Gasteiger partial charge in [0, 0.05) is 27.5 Å². The van der Waals surface area contributed by atoms with Crippen molar-refractivity contribution in [1.82, 2.24) is 0 Å². The van der Waals surface area contributed by atoms with Crippen LogP contribution in [0.15, 0.2) is 16.3 Å². The fourth-order valence-electron chi connectivity index (χ4n) is 1.04. The Morgan fingerprint density at radius 3 is 2.33 bits per heavy atom. The van der Waals surface area contributed by atoms with Gasteiger partial charge >= 0.3 is 5.97 Å². The molecule has 0 heterocycles. The molecule has 104 valence electrons. The number of hydrogen-bond acceptors (Lipinski definition) is 7. The molecular weight excluding hydrogens is 242 g/mol. The van der Waals surface area contributed by atoms with E-state index in [1.54, 1.807) is 0 Å². The van der Waals surface area contributed by atoms with Gasteiger partial charge in [-0.15, -0.1) is 0 Å². The van der Waals surface area contributed by atoms with Crippen LogP contribution in [0.4, 0.5) is 0 Å². The van der Waals surface area contributed by atoms with Crippen LogP contribution in [0.3, 0.4) is 0 Å². The minimum Gasteiger partial charge on any atom is -0.509 e. The third-order valence-corrected chi connectivity index (χ3v) is 2.00. The summed E-state index contributed by atoms with van der Waals surface area (Å²) in [6.07, 6.45) is 0.690. The zero-order chi connectivity index (χ0) is 14.0. The van der Waals surface area contributed by atoms with E-state index < -0.39 is 12.3 Å². The Hall–Kier alpha value is -1.44. The molecule has 0 rings (SSSR count). The van der Waals surface area contributed by atoms with Crippen LogP contribution in [0.2, 0.25) is 0 Å². The zero-order valence-corrected chi connectivity index (χ0v) is 11.0. The average Bonchev–Trinajstić information content (AvgIpc) is 2.38. The Balaban J connectivity index is 4.75. The molecule has 0 aliphatic rings. The number of aliphatic hydroxyl groups is 1. The molecule has 0 saturated carbocycles. The Morgan fingerprint density at radius 2 is 1.89 bits per heavy atom. The molecular formula is C11H19NO6. The van der Waals surface area contributed by atoms with Crippen LogP contribution < -0.4 is 0 Å². The van der Waals surface area contributed by atoms with Crippen molar-refractivity contribution in [2.24, 2.45) is 4.99 Å². The molecule has 0 fully saturated rings. The van der Waals surface area contributed by atoms with Gasteiger partial charge in [0.25, 0.3) is 0 Å². The van der Waals surface area contributed by atoms with E-state index in [0.717, 1.165) is 0 Å². The summed E-state index contributed by atoms with van der Waals surface area (Å²) >= 11 is 0. The molecule has 0 saturated heterocycles. The van der Waals surface area contributed by atoms with E-state index in [4.69, 9.17) is 14.2 Å². The number of carbonyl (C=O) groups is 1.